The number of carbonyl (C=O) groups is 2. The Labute approximate surface area is 145 Å². The SMILES string of the molecule is CCC(=O)N1CCC(NC(=O)COc2ccc(Cl)cc2Cl)CC1. The van der Waals surface area contributed by atoms with Gasteiger partial charge in [0.05, 0.1) is 5.02 Å². The van der Waals surface area contributed by atoms with Gasteiger partial charge in [-0.3, -0.25) is 9.59 Å². The molecule has 1 heterocycles. The van der Waals surface area contributed by atoms with Gasteiger partial charge in [-0.2, -0.15) is 0 Å². The van der Waals surface area contributed by atoms with Gasteiger partial charge in [0.2, 0.25) is 5.91 Å². The van der Waals surface area contributed by atoms with Gasteiger partial charge in [-0.05, 0) is 31.0 Å². The molecule has 1 aliphatic heterocycles. The maximum Gasteiger partial charge on any atom is 0.258 e. The van der Waals surface area contributed by atoms with Gasteiger partial charge in [0.25, 0.3) is 5.91 Å². The summed E-state index contributed by atoms with van der Waals surface area (Å²) in [7, 11) is 0. The van der Waals surface area contributed by atoms with E-state index in [0.717, 1.165) is 12.8 Å². The first-order valence-electron chi connectivity index (χ1n) is 7.64. The molecule has 1 aromatic rings. The van der Waals surface area contributed by atoms with Crippen molar-refractivity contribution in [3.63, 3.8) is 0 Å². The van der Waals surface area contributed by atoms with Gasteiger partial charge in [-0.1, -0.05) is 30.1 Å². The lowest BCUT2D eigenvalue weighted by atomic mass is 10.0. The van der Waals surface area contributed by atoms with E-state index in [-0.39, 0.29) is 24.5 Å². The predicted molar refractivity (Wildman–Crippen MR) is 90.0 cm³/mol. The summed E-state index contributed by atoms with van der Waals surface area (Å²) in [4.78, 5) is 25.4. The zero-order valence-electron chi connectivity index (χ0n) is 13.0. The summed E-state index contributed by atoms with van der Waals surface area (Å²) in [5.74, 6) is 0.390. The number of likely N-dealkylation sites (tertiary alicyclic amines) is 1. The van der Waals surface area contributed by atoms with E-state index in [1.54, 1.807) is 18.2 Å². The van der Waals surface area contributed by atoms with Crippen molar-refractivity contribution < 1.29 is 14.3 Å². The predicted octanol–water partition coefficient (Wildman–Crippen LogP) is 2.89. The fraction of sp³-hybridized carbons (Fsp3) is 0.500. The summed E-state index contributed by atoms with van der Waals surface area (Å²) in [6.45, 7) is 3.12. The highest BCUT2D eigenvalue weighted by molar-refractivity contribution is 6.35. The molecule has 1 fully saturated rings. The van der Waals surface area contributed by atoms with E-state index < -0.39 is 0 Å². The summed E-state index contributed by atoms with van der Waals surface area (Å²) in [6, 6.07) is 4.93. The minimum atomic E-state index is -0.198. The second-order valence-electron chi connectivity index (χ2n) is 5.44. The smallest absolute Gasteiger partial charge is 0.258 e. The molecule has 0 saturated carbocycles. The number of halogens is 2. The Kier molecular flexibility index (Phi) is 6.54. The molecule has 0 aromatic heterocycles. The van der Waals surface area contributed by atoms with Gasteiger partial charge in [0.1, 0.15) is 5.75 Å². The Hall–Kier alpha value is -1.46. The molecule has 1 saturated heterocycles. The van der Waals surface area contributed by atoms with Gasteiger partial charge >= 0.3 is 0 Å². The second-order valence-corrected chi connectivity index (χ2v) is 6.28. The monoisotopic (exact) mass is 358 g/mol. The van der Waals surface area contributed by atoms with E-state index in [1.807, 2.05) is 11.8 Å². The summed E-state index contributed by atoms with van der Waals surface area (Å²) in [5.41, 5.74) is 0. The van der Waals surface area contributed by atoms with E-state index in [9.17, 15) is 9.59 Å². The van der Waals surface area contributed by atoms with Crippen LogP contribution in [-0.2, 0) is 9.59 Å². The van der Waals surface area contributed by atoms with E-state index >= 15 is 0 Å². The van der Waals surface area contributed by atoms with E-state index in [1.165, 1.54) is 0 Å². The topological polar surface area (TPSA) is 58.6 Å². The van der Waals surface area contributed by atoms with Crippen molar-refractivity contribution in [3.05, 3.63) is 28.2 Å². The zero-order chi connectivity index (χ0) is 16.8. The average molecular weight is 359 g/mol. The minimum absolute atomic E-state index is 0.0766. The lowest BCUT2D eigenvalue weighted by Gasteiger charge is -2.32. The largest absolute Gasteiger partial charge is 0.482 e. The minimum Gasteiger partial charge on any atom is -0.482 e. The number of rotatable bonds is 5. The lowest BCUT2D eigenvalue weighted by molar-refractivity contribution is -0.132. The van der Waals surface area contributed by atoms with Crippen molar-refractivity contribution in [1.82, 2.24) is 10.2 Å². The van der Waals surface area contributed by atoms with E-state index in [0.29, 0.717) is 35.3 Å². The molecule has 0 radical (unpaired) electrons. The van der Waals surface area contributed by atoms with Crippen LogP contribution in [0.1, 0.15) is 26.2 Å². The molecule has 7 heteroatoms. The first kappa shape index (κ1) is 17.9. The normalized spacial score (nSPS) is 15.3. The molecule has 23 heavy (non-hydrogen) atoms. The number of nitrogens with zero attached hydrogens (tertiary/aromatic N) is 1. The highest BCUT2D eigenvalue weighted by atomic mass is 35.5. The standard InChI is InChI=1S/C16H20Cl2N2O3/c1-2-16(22)20-7-5-12(6-8-20)19-15(21)10-23-14-4-3-11(17)9-13(14)18/h3-4,9,12H,2,5-8,10H2,1H3,(H,19,21). The number of hydrogen-bond acceptors (Lipinski definition) is 3. The molecule has 2 amide bonds. The third kappa shape index (κ3) is 5.29. The van der Waals surface area contributed by atoms with Crippen LogP contribution in [0.4, 0.5) is 0 Å². The highest BCUT2D eigenvalue weighted by Gasteiger charge is 2.23. The van der Waals surface area contributed by atoms with Crippen molar-refractivity contribution in [2.45, 2.75) is 32.2 Å². The molecule has 5 nitrogen and oxygen atoms in total. The van der Waals surface area contributed by atoms with Crippen LogP contribution in [0.25, 0.3) is 0 Å². The van der Waals surface area contributed by atoms with Crippen LogP contribution in [0.2, 0.25) is 10.0 Å². The number of benzene rings is 1. The fourth-order valence-electron chi connectivity index (χ4n) is 2.50. The third-order valence-corrected chi connectivity index (χ3v) is 4.30. The molecule has 0 atom stereocenters. The van der Waals surface area contributed by atoms with Gasteiger partial charge in [0, 0.05) is 30.6 Å². The molecule has 126 valence electrons. The summed E-state index contributed by atoms with van der Waals surface area (Å²) >= 11 is 11.8. The van der Waals surface area contributed by atoms with Crippen LogP contribution in [-0.4, -0.2) is 42.5 Å². The maximum atomic E-state index is 11.9. The Bertz CT molecular complexity index is 572. The number of amides is 2. The van der Waals surface area contributed by atoms with Gasteiger partial charge in [0.15, 0.2) is 6.61 Å². The number of nitrogens with one attached hydrogen (secondary N) is 1. The van der Waals surface area contributed by atoms with Crippen LogP contribution < -0.4 is 10.1 Å². The van der Waals surface area contributed by atoms with Crippen LogP contribution in [0.3, 0.4) is 0 Å². The molecule has 1 aliphatic rings. The van der Waals surface area contributed by atoms with Crippen molar-refractivity contribution in [3.8, 4) is 5.75 Å². The molecule has 1 N–H and O–H groups in total. The number of hydrogen-bond donors (Lipinski definition) is 1. The van der Waals surface area contributed by atoms with Gasteiger partial charge in [-0.15, -0.1) is 0 Å². The lowest BCUT2D eigenvalue weighted by Crippen LogP contribution is -2.47. The van der Waals surface area contributed by atoms with Crippen LogP contribution >= 0.6 is 23.2 Å². The molecule has 0 unspecified atom stereocenters. The number of carbonyl (C=O) groups excluding carboxylic acids is 2. The van der Waals surface area contributed by atoms with Crippen molar-refractivity contribution >= 4 is 35.0 Å². The van der Waals surface area contributed by atoms with E-state index in [2.05, 4.69) is 5.32 Å². The molecule has 0 aliphatic carbocycles. The molecular weight excluding hydrogens is 339 g/mol. The van der Waals surface area contributed by atoms with Gasteiger partial charge in [-0.25, -0.2) is 0 Å². The van der Waals surface area contributed by atoms with Crippen LogP contribution in [0, 0.1) is 0 Å². The maximum absolute atomic E-state index is 11.9. The fourth-order valence-corrected chi connectivity index (χ4v) is 2.96. The van der Waals surface area contributed by atoms with E-state index in [4.69, 9.17) is 27.9 Å². The second kappa shape index (κ2) is 8.41. The quantitative estimate of drug-likeness (QED) is 0.880. The van der Waals surface area contributed by atoms with Crippen LogP contribution in [0.5, 0.6) is 5.75 Å². The molecular formula is C16H20Cl2N2O3. The van der Waals surface area contributed by atoms with Crippen molar-refractivity contribution in [2.75, 3.05) is 19.7 Å². The Balaban J connectivity index is 1.74. The van der Waals surface area contributed by atoms with Crippen molar-refractivity contribution in [1.29, 1.82) is 0 Å². The summed E-state index contributed by atoms with van der Waals surface area (Å²) < 4.78 is 5.40. The third-order valence-electron chi connectivity index (χ3n) is 3.77. The number of ether oxygens (including phenoxy) is 1. The summed E-state index contributed by atoms with van der Waals surface area (Å²) in [5, 5.41) is 3.81. The van der Waals surface area contributed by atoms with Crippen molar-refractivity contribution in [2.24, 2.45) is 0 Å². The Morgan fingerprint density at radius 2 is 2.00 bits per heavy atom. The van der Waals surface area contributed by atoms with Gasteiger partial charge < -0.3 is 15.0 Å². The Morgan fingerprint density at radius 1 is 1.30 bits per heavy atom. The highest BCUT2D eigenvalue weighted by Crippen LogP contribution is 2.27. The zero-order valence-corrected chi connectivity index (χ0v) is 14.5. The number of piperidine rings is 1. The molecule has 2 rings (SSSR count). The van der Waals surface area contributed by atoms with Crippen LogP contribution in [0.15, 0.2) is 18.2 Å². The average Bonchev–Trinajstić information content (AvgIpc) is 2.54. The molecule has 0 spiro atoms. The Morgan fingerprint density at radius 3 is 2.61 bits per heavy atom. The molecule has 0 bridgehead atoms. The molecule has 1 aromatic carbocycles. The first-order valence-corrected chi connectivity index (χ1v) is 8.40. The summed E-state index contributed by atoms with van der Waals surface area (Å²) in [6.07, 6.45) is 2.05. The first-order chi connectivity index (χ1) is 11.0.